The van der Waals surface area contributed by atoms with Crippen LogP contribution >= 0.6 is 0 Å². The van der Waals surface area contributed by atoms with Crippen molar-refractivity contribution in [3.8, 4) is 0 Å². The fourth-order valence-corrected chi connectivity index (χ4v) is 1.64. The lowest BCUT2D eigenvalue weighted by molar-refractivity contribution is -0.138. The molecule has 0 bridgehead atoms. The third-order valence-corrected chi connectivity index (χ3v) is 2.79. The molecule has 1 unspecified atom stereocenters. The first-order chi connectivity index (χ1) is 8.97. The number of hydrogen-bond acceptors (Lipinski definition) is 5. The van der Waals surface area contributed by atoms with E-state index in [-0.39, 0.29) is 0 Å². The minimum absolute atomic E-state index is 0.430. The van der Waals surface area contributed by atoms with Crippen LogP contribution in [0.1, 0.15) is 23.0 Å². The molecule has 7 nitrogen and oxygen atoms in total. The minimum Gasteiger partial charge on any atom is -0.479 e. The summed E-state index contributed by atoms with van der Waals surface area (Å²) in [5.74, 6) is -0.563. The number of aryl methyl sites for hydroxylation is 3. The lowest BCUT2D eigenvalue weighted by atomic mass is 10.1. The molecule has 100 valence electrons. The summed E-state index contributed by atoms with van der Waals surface area (Å²) in [6, 6.07) is -0.898. The van der Waals surface area contributed by atoms with Crippen LogP contribution in [0.3, 0.4) is 0 Å². The van der Waals surface area contributed by atoms with Gasteiger partial charge in [-0.1, -0.05) is 0 Å². The van der Waals surface area contributed by atoms with Crippen molar-refractivity contribution in [2.75, 3.05) is 5.32 Å². The van der Waals surface area contributed by atoms with Gasteiger partial charge in [-0.05, 0) is 13.8 Å². The smallest absolute Gasteiger partial charge is 0.330 e. The summed E-state index contributed by atoms with van der Waals surface area (Å²) >= 11 is 0. The number of carbonyl (C=O) groups is 1. The zero-order chi connectivity index (χ0) is 14.0. The average Bonchev–Trinajstić information content (AvgIpc) is 2.76. The lowest BCUT2D eigenvalue weighted by Gasteiger charge is -2.13. The Labute approximate surface area is 110 Å². The molecule has 0 aliphatic rings. The van der Waals surface area contributed by atoms with E-state index in [0.29, 0.717) is 11.4 Å². The van der Waals surface area contributed by atoms with Crippen LogP contribution in [0.15, 0.2) is 18.6 Å². The number of rotatable bonds is 4. The molecule has 2 aromatic rings. The molecule has 0 radical (unpaired) electrons. The first kappa shape index (κ1) is 13.0. The van der Waals surface area contributed by atoms with Gasteiger partial charge in [-0.2, -0.15) is 5.10 Å². The van der Waals surface area contributed by atoms with Gasteiger partial charge >= 0.3 is 5.97 Å². The van der Waals surface area contributed by atoms with Gasteiger partial charge in [-0.3, -0.25) is 9.67 Å². The summed E-state index contributed by atoms with van der Waals surface area (Å²) in [5.41, 5.74) is 2.15. The second-order valence-electron chi connectivity index (χ2n) is 4.29. The predicted octanol–water partition coefficient (Wildman–Crippen LogP) is 1.06. The SMILES string of the molecule is Cc1ncc(NC(C(=O)O)c2cnn(C)c2)nc1C. The number of nitrogens with one attached hydrogen (secondary N) is 1. The van der Waals surface area contributed by atoms with Crippen molar-refractivity contribution in [3.05, 3.63) is 35.5 Å². The van der Waals surface area contributed by atoms with Gasteiger partial charge in [0.05, 0.1) is 23.8 Å². The van der Waals surface area contributed by atoms with E-state index < -0.39 is 12.0 Å². The summed E-state index contributed by atoms with van der Waals surface area (Å²) in [5, 5.41) is 16.1. The third kappa shape index (κ3) is 2.87. The van der Waals surface area contributed by atoms with Crippen LogP contribution in [-0.2, 0) is 11.8 Å². The third-order valence-electron chi connectivity index (χ3n) is 2.79. The minimum atomic E-state index is -0.993. The summed E-state index contributed by atoms with van der Waals surface area (Å²) in [6.45, 7) is 3.68. The van der Waals surface area contributed by atoms with Crippen molar-refractivity contribution in [1.82, 2.24) is 19.7 Å². The van der Waals surface area contributed by atoms with Gasteiger partial charge in [-0.15, -0.1) is 0 Å². The standard InChI is InChI=1S/C12H15N5O2/c1-7-8(2)15-10(5-13-7)16-11(12(18)19)9-4-14-17(3)6-9/h4-6,11H,1-3H3,(H,15,16)(H,18,19). The molecule has 0 saturated heterocycles. The molecular weight excluding hydrogens is 246 g/mol. The van der Waals surface area contributed by atoms with E-state index in [9.17, 15) is 9.90 Å². The molecule has 0 fully saturated rings. The molecule has 0 aromatic carbocycles. The van der Waals surface area contributed by atoms with Gasteiger partial charge < -0.3 is 10.4 Å². The number of anilines is 1. The number of nitrogens with zero attached hydrogens (tertiary/aromatic N) is 4. The molecule has 0 aliphatic carbocycles. The highest BCUT2D eigenvalue weighted by molar-refractivity contribution is 5.78. The molecule has 1 atom stereocenters. The van der Waals surface area contributed by atoms with E-state index in [1.807, 2.05) is 13.8 Å². The Morgan fingerprint density at radius 2 is 2.11 bits per heavy atom. The van der Waals surface area contributed by atoms with Gasteiger partial charge in [0.1, 0.15) is 5.82 Å². The summed E-state index contributed by atoms with van der Waals surface area (Å²) < 4.78 is 1.55. The molecule has 19 heavy (non-hydrogen) atoms. The quantitative estimate of drug-likeness (QED) is 0.855. The van der Waals surface area contributed by atoms with Gasteiger partial charge in [0.15, 0.2) is 6.04 Å². The number of carboxylic acid groups (broad SMARTS) is 1. The zero-order valence-electron chi connectivity index (χ0n) is 11.0. The van der Waals surface area contributed by atoms with Crippen LogP contribution in [0.4, 0.5) is 5.82 Å². The van der Waals surface area contributed by atoms with Gasteiger partial charge in [0.25, 0.3) is 0 Å². The molecule has 2 heterocycles. The van der Waals surface area contributed by atoms with Crippen LogP contribution in [-0.4, -0.2) is 30.8 Å². The Morgan fingerprint density at radius 1 is 1.37 bits per heavy atom. The van der Waals surface area contributed by atoms with Crippen molar-refractivity contribution < 1.29 is 9.90 Å². The van der Waals surface area contributed by atoms with Crippen molar-refractivity contribution in [2.45, 2.75) is 19.9 Å². The Kier molecular flexibility index (Phi) is 3.46. The Hall–Kier alpha value is -2.44. The molecular formula is C12H15N5O2. The van der Waals surface area contributed by atoms with Gasteiger partial charge in [-0.25, -0.2) is 9.78 Å². The van der Waals surface area contributed by atoms with Crippen LogP contribution in [0, 0.1) is 13.8 Å². The average molecular weight is 261 g/mol. The first-order valence-electron chi connectivity index (χ1n) is 5.75. The van der Waals surface area contributed by atoms with Crippen LogP contribution in [0.25, 0.3) is 0 Å². The van der Waals surface area contributed by atoms with Crippen LogP contribution in [0.5, 0.6) is 0 Å². The molecule has 0 aliphatic heterocycles. The van der Waals surface area contributed by atoms with E-state index in [1.54, 1.807) is 17.9 Å². The molecule has 2 N–H and O–H groups in total. The van der Waals surface area contributed by atoms with Crippen molar-refractivity contribution >= 4 is 11.8 Å². The normalized spacial score (nSPS) is 12.2. The molecule has 2 rings (SSSR count). The summed E-state index contributed by atoms with van der Waals surface area (Å²) in [7, 11) is 1.73. The molecule has 0 saturated carbocycles. The fraction of sp³-hybridized carbons (Fsp3) is 0.333. The van der Waals surface area contributed by atoms with Crippen molar-refractivity contribution in [3.63, 3.8) is 0 Å². The number of aliphatic carboxylic acids is 1. The molecule has 2 aromatic heterocycles. The van der Waals surface area contributed by atoms with E-state index in [0.717, 1.165) is 11.4 Å². The number of aromatic nitrogens is 4. The predicted molar refractivity (Wildman–Crippen MR) is 68.7 cm³/mol. The van der Waals surface area contributed by atoms with E-state index in [1.165, 1.54) is 12.4 Å². The molecule has 0 amide bonds. The largest absolute Gasteiger partial charge is 0.479 e. The molecule has 7 heteroatoms. The Balaban J connectivity index is 2.26. The monoisotopic (exact) mass is 261 g/mol. The Bertz CT molecular complexity index is 608. The lowest BCUT2D eigenvalue weighted by Crippen LogP contribution is -2.21. The second kappa shape index (κ2) is 5.05. The summed E-state index contributed by atoms with van der Waals surface area (Å²) in [6.07, 6.45) is 4.69. The highest BCUT2D eigenvalue weighted by atomic mass is 16.4. The van der Waals surface area contributed by atoms with Crippen molar-refractivity contribution in [1.29, 1.82) is 0 Å². The van der Waals surface area contributed by atoms with Gasteiger partial charge in [0, 0.05) is 18.8 Å². The van der Waals surface area contributed by atoms with Gasteiger partial charge in [0.2, 0.25) is 0 Å². The molecule has 0 spiro atoms. The Morgan fingerprint density at radius 3 is 2.63 bits per heavy atom. The second-order valence-corrected chi connectivity index (χ2v) is 4.29. The first-order valence-corrected chi connectivity index (χ1v) is 5.75. The van der Waals surface area contributed by atoms with E-state index in [2.05, 4.69) is 20.4 Å². The van der Waals surface area contributed by atoms with Crippen molar-refractivity contribution in [2.24, 2.45) is 7.05 Å². The van der Waals surface area contributed by atoms with Crippen LogP contribution in [0.2, 0.25) is 0 Å². The summed E-state index contributed by atoms with van der Waals surface area (Å²) in [4.78, 5) is 19.7. The maximum Gasteiger partial charge on any atom is 0.330 e. The number of carboxylic acids is 1. The number of hydrogen-bond donors (Lipinski definition) is 2. The van der Waals surface area contributed by atoms with Crippen LogP contribution < -0.4 is 5.32 Å². The highest BCUT2D eigenvalue weighted by Gasteiger charge is 2.21. The van der Waals surface area contributed by atoms with E-state index in [4.69, 9.17) is 0 Å². The van der Waals surface area contributed by atoms with E-state index >= 15 is 0 Å². The topological polar surface area (TPSA) is 92.9 Å². The maximum atomic E-state index is 11.3. The zero-order valence-corrected chi connectivity index (χ0v) is 11.0. The fourth-order valence-electron chi connectivity index (χ4n) is 1.64. The highest BCUT2D eigenvalue weighted by Crippen LogP contribution is 2.18. The maximum absolute atomic E-state index is 11.3.